The molecule has 0 spiro atoms. The molecule has 0 radical (unpaired) electrons. The van der Waals surface area contributed by atoms with Crippen molar-refractivity contribution in [3.63, 3.8) is 0 Å². The number of nitrogens with zero attached hydrogens (tertiary/aromatic N) is 1. The number of rotatable bonds is 3. The standard InChI is InChI=1S/C19H19NO3/c1-13-17-5-3-2-4-15(17)10-11-20(13)18(21)12-14-6-8-16(9-7-14)19(22)23/h2-9,13H,10-12H2,1H3,(H,22,23). The predicted octanol–water partition coefficient (Wildman–Crippen LogP) is 3.07. The molecule has 118 valence electrons. The molecule has 4 heteroatoms. The van der Waals surface area contributed by atoms with Crippen LogP contribution in [-0.2, 0) is 17.6 Å². The first-order valence-corrected chi connectivity index (χ1v) is 7.76. The molecule has 4 nitrogen and oxygen atoms in total. The van der Waals surface area contributed by atoms with Crippen molar-refractivity contribution in [1.82, 2.24) is 4.90 Å². The van der Waals surface area contributed by atoms with Gasteiger partial charge in [-0.3, -0.25) is 4.79 Å². The van der Waals surface area contributed by atoms with Crippen molar-refractivity contribution in [1.29, 1.82) is 0 Å². The van der Waals surface area contributed by atoms with Gasteiger partial charge in [-0.15, -0.1) is 0 Å². The van der Waals surface area contributed by atoms with Gasteiger partial charge < -0.3 is 10.0 Å². The highest BCUT2D eigenvalue weighted by atomic mass is 16.4. The largest absolute Gasteiger partial charge is 0.478 e. The van der Waals surface area contributed by atoms with Crippen LogP contribution in [0.2, 0.25) is 0 Å². The maximum Gasteiger partial charge on any atom is 0.335 e. The van der Waals surface area contributed by atoms with E-state index < -0.39 is 5.97 Å². The van der Waals surface area contributed by atoms with Crippen LogP contribution in [0.3, 0.4) is 0 Å². The molecular formula is C19H19NO3. The van der Waals surface area contributed by atoms with E-state index in [-0.39, 0.29) is 17.5 Å². The Morgan fingerprint density at radius 1 is 1.13 bits per heavy atom. The molecule has 0 aliphatic carbocycles. The number of carbonyl (C=O) groups is 2. The van der Waals surface area contributed by atoms with Crippen LogP contribution < -0.4 is 0 Å². The molecule has 1 unspecified atom stereocenters. The summed E-state index contributed by atoms with van der Waals surface area (Å²) in [5.41, 5.74) is 3.61. The maximum atomic E-state index is 12.6. The van der Waals surface area contributed by atoms with Crippen molar-refractivity contribution in [3.8, 4) is 0 Å². The SMILES string of the molecule is CC1c2ccccc2CCN1C(=O)Cc1ccc(C(=O)O)cc1. The van der Waals surface area contributed by atoms with Crippen molar-refractivity contribution < 1.29 is 14.7 Å². The highest BCUT2D eigenvalue weighted by molar-refractivity contribution is 5.87. The van der Waals surface area contributed by atoms with Gasteiger partial charge in [0.05, 0.1) is 18.0 Å². The number of benzene rings is 2. The van der Waals surface area contributed by atoms with Crippen molar-refractivity contribution in [2.75, 3.05) is 6.54 Å². The number of carboxylic acid groups (broad SMARTS) is 1. The first kappa shape index (κ1) is 15.3. The Balaban J connectivity index is 1.73. The van der Waals surface area contributed by atoms with Gasteiger partial charge in [0.2, 0.25) is 5.91 Å². The monoisotopic (exact) mass is 309 g/mol. The number of aromatic carboxylic acids is 1. The van der Waals surface area contributed by atoms with E-state index in [2.05, 4.69) is 19.1 Å². The van der Waals surface area contributed by atoms with Crippen LogP contribution in [0.4, 0.5) is 0 Å². The lowest BCUT2D eigenvalue weighted by molar-refractivity contribution is -0.133. The fraction of sp³-hybridized carbons (Fsp3) is 0.263. The zero-order valence-electron chi connectivity index (χ0n) is 13.0. The molecule has 1 aliphatic heterocycles. The fourth-order valence-electron chi connectivity index (χ4n) is 3.15. The van der Waals surface area contributed by atoms with E-state index in [0.29, 0.717) is 6.42 Å². The van der Waals surface area contributed by atoms with Crippen LogP contribution >= 0.6 is 0 Å². The van der Waals surface area contributed by atoms with Crippen LogP contribution in [0.1, 0.15) is 40.0 Å². The summed E-state index contributed by atoms with van der Waals surface area (Å²) >= 11 is 0. The van der Waals surface area contributed by atoms with Gasteiger partial charge in [-0.25, -0.2) is 4.79 Å². The average molecular weight is 309 g/mol. The second-order valence-electron chi connectivity index (χ2n) is 5.89. The van der Waals surface area contributed by atoms with Crippen LogP contribution in [0.25, 0.3) is 0 Å². The zero-order chi connectivity index (χ0) is 16.4. The minimum atomic E-state index is -0.955. The zero-order valence-corrected chi connectivity index (χ0v) is 13.0. The van der Waals surface area contributed by atoms with Crippen LogP contribution in [-0.4, -0.2) is 28.4 Å². The molecule has 1 N–H and O–H groups in total. The van der Waals surface area contributed by atoms with E-state index in [1.54, 1.807) is 24.3 Å². The molecule has 2 aromatic rings. The quantitative estimate of drug-likeness (QED) is 0.948. The van der Waals surface area contributed by atoms with Crippen LogP contribution in [0.5, 0.6) is 0 Å². The molecule has 2 aromatic carbocycles. The minimum Gasteiger partial charge on any atom is -0.478 e. The summed E-state index contributed by atoms with van der Waals surface area (Å²) in [5, 5.41) is 8.91. The van der Waals surface area contributed by atoms with Crippen molar-refractivity contribution in [2.45, 2.75) is 25.8 Å². The third-order valence-corrected chi connectivity index (χ3v) is 4.47. The molecule has 1 amide bonds. The summed E-state index contributed by atoms with van der Waals surface area (Å²) in [5.74, 6) is -0.876. The summed E-state index contributed by atoms with van der Waals surface area (Å²) in [6.07, 6.45) is 1.18. The molecule has 23 heavy (non-hydrogen) atoms. The van der Waals surface area contributed by atoms with Gasteiger partial charge >= 0.3 is 5.97 Å². The molecule has 0 saturated carbocycles. The maximum absolute atomic E-state index is 12.6. The van der Waals surface area contributed by atoms with Gasteiger partial charge in [0.1, 0.15) is 0 Å². The fourth-order valence-corrected chi connectivity index (χ4v) is 3.15. The summed E-state index contributed by atoms with van der Waals surface area (Å²) in [6, 6.07) is 14.8. The van der Waals surface area contributed by atoms with Gasteiger partial charge in [0.15, 0.2) is 0 Å². The predicted molar refractivity (Wildman–Crippen MR) is 87.4 cm³/mol. The molecule has 0 aromatic heterocycles. The van der Waals surface area contributed by atoms with E-state index in [1.807, 2.05) is 17.0 Å². The second kappa shape index (κ2) is 6.24. The van der Waals surface area contributed by atoms with Crippen LogP contribution in [0.15, 0.2) is 48.5 Å². The number of hydrogen-bond donors (Lipinski definition) is 1. The highest BCUT2D eigenvalue weighted by Gasteiger charge is 2.27. The third-order valence-electron chi connectivity index (χ3n) is 4.47. The van der Waals surface area contributed by atoms with E-state index in [9.17, 15) is 9.59 Å². The van der Waals surface area contributed by atoms with E-state index in [0.717, 1.165) is 18.5 Å². The summed E-state index contributed by atoms with van der Waals surface area (Å²) in [6.45, 7) is 2.79. The Morgan fingerprint density at radius 3 is 2.52 bits per heavy atom. The van der Waals surface area contributed by atoms with Gasteiger partial charge in [-0.05, 0) is 42.2 Å². The summed E-state index contributed by atoms with van der Waals surface area (Å²) < 4.78 is 0. The average Bonchev–Trinajstić information content (AvgIpc) is 2.56. The van der Waals surface area contributed by atoms with Crippen molar-refractivity contribution in [2.24, 2.45) is 0 Å². The van der Waals surface area contributed by atoms with Gasteiger partial charge in [0, 0.05) is 6.54 Å². The molecule has 0 fully saturated rings. The Kier molecular flexibility index (Phi) is 4.15. The number of carboxylic acids is 1. The molecule has 0 saturated heterocycles. The number of fused-ring (bicyclic) bond motifs is 1. The molecule has 1 aliphatic rings. The minimum absolute atomic E-state index is 0.0748. The normalized spacial score (nSPS) is 16.7. The summed E-state index contributed by atoms with van der Waals surface area (Å²) in [4.78, 5) is 25.4. The first-order chi connectivity index (χ1) is 11.1. The Morgan fingerprint density at radius 2 is 1.83 bits per heavy atom. The van der Waals surface area contributed by atoms with E-state index in [1.165, 1.54) is 11.1 Å². The van der Waals surface area contributed by atoms with E-state index in [4.69, 9.17) is 5.11 Å². The third kappa shape index (κ3) is 3.11. The Hall–Kier alpha value is -2.62. The second-order valence-corrected chi connectivity index (χ2v) is 5.89. The smallest absolute Gasteiger partial charge is 0.335 e. The molecule has 1 atom stereocenters. The van der Waals surface area contributed by atoms with Crippen LogP contribution in [0, 0.1) is 0 Å². The lowest BCUT2D eigenvalue weighted by Gasteiger charge is -2.35. The molecule has 0 bridgehead atoms. The topological polar surface area (TPSA) is 57.6 Å². The first-order valence-electron chi connectivity index (χ1n) is 7.76. The lowest BCUT2D eigenvalue weighted by atomic mass is 9.93. The van der Waals surface area contributed by atoms with Gasteiger partial charge in [-0.1, -0.05) is 36.4 Å². The van der Waals surface area contributed by atoms with Crippen molar-refractivity contribution in [3.05, 3.63) is 70.8 Å². The van der Waals surface area contributed by atoms with Crippen molar-refractivity contribution >= 4 is 11.9 Å². The number of carbonyl (C=O) groups excluding carboxylic acids is 1. The Bertz CT molecular complexity index is 737. The Labute approximate surface area is 135 Å². The molecular weight excluding hydrogens is 290 g/mol. The van der Waals surface area contributed by atoms with Gasteiger partial charge in [0.25, 0.3) is 0 Å². The summed E-state index contributed by atoms with van der Waals surface area (Å²) in [7, 11) is 0. The molecule has 3 rings (SSSR count). The number of hydrogen-bond acceptors (Lipinski definition) is 2. The number of amides is 1. The molecule has 1 heterocycles. The van der Waals surface area contributed by atoms with Gasteiger partial charge in [-0.2, -0.15) is 0 Å². The van der Waals surface area contributed by atoms with E-state index >= 15 is 0 Å². The highest BCUT2D eigenvalue weighted by Crippen LogP contribution is 2.29. The lowest BCUT2D eigenvalue weighted by Crippen LogP contribution is -2.39.